The molecule has 32 heavy (non-hydrogen) atoms. The van der Waals surface area contributed by atoms with E-state index in [1.54, 1.807) is 18.4 Å². The average molecular weight is 448 g/mol. The maximum absolute atomic E-state index is 13.5. The van der Waals surface area contributed by atoms with Crippen LogP contribution in [0.2, 0.25) is 0 Å². The molecule has 0 bridgehead atoms. The lowest BCUT2D eigenvalue weighted by Crippen LogP contribution is -2.25. The summed E-state index contributed by atoms with van der Waals surface area (Å²) in [6.07, 6.45) is -4.25. The molecule has 6 nitrogen and oxygen atoms in total. The number of nitrogens with zero attached hydrogens (tertiary/aromatic N) is 3. The first-order valence-corrected chi connectivity index (χ1v) is 10.4. The Morgan fingerprint density at radius 3 is 2.56 bits per heavy atom. The topological polar surface area (TPSA) is 68.5 Å². The maximum atomic E-state index is 13.5. The van der Waals surface area contributed by atoms with Crippen LogP contribution in [0.15, 0.2) is 24.3 Å². The van der Waals surface area contributed by atoms with Gasteiger partial charge < -0.3 is 10.1 Å². The lowest BCUT2D eigenvalue weighted by molar-refractivity contribution is -0.138. The first-order chi connectivity index (χ1) is 15.0. The number of rotatable bonds is 7. The van der Waals surface area contributed by atoms with Crippen LogP contribution in [0, 0.1) is 20.8 Å². The molecule has 0 aliphatic rings. The molecule has 0 aliphatic heterocycles. The fraction of sp³-hybridized carbons (Fsp3) is 0.435. The number of carbonyl (C=O) groups excluding carboxylic acids is 1. The number of hydrogen-bond acceptors (Lipinski definition) is 4. The zero-order valence-corrected chi connectivity index (χ0v) is 18.8. The Hall–Kier alpha value is -3.10. The Labute approximate surface area is 184 Å². The van der Waals surface area contributed by atoms with Crippen LogP contribution in [0.3, 0.4) is 0 Å². The zero-order chi connectivity index (χ0) is 23.6. The highest BCUT2D eigenvalue weighted by Gasteiger charge is 2.34. The second kappa shape index (κ2) is 9.18. The highest BCUT2D eigenvalue weighted by Crippen LogP contribution is 2.34. The molecule has 1 amide bonds. The van der Waals surface area contributed by atoms with Gasteiger partial charge in [-0.25, -0.2) is 9.50 Å². The van der Waals surface area contributed by atoms with Crippen LogP contribution in [-0.4, -0.2) is 26.6 Å². The van der Waals surface area contributed by atoms with Crippen LogP contribution in [0.1, 0.15) is 54.0 Å². The SMILES string of the molecule is Cc1cc2nc(C)c(CCC(=O)NCc3ccc(OC(C)C)cc3C(F)(F)F)c(C)n2n1. The number of ether oxygens (including phenoxy) is 1. The van der Waals surface area contributed by atoms with E-state index in [0.29, 0.717) is 6.42 Å². The summed E-state index contributed by atoms with van der Waals surface area (Å²) in [5.74, 6) is -0.193. The standard InChI is InChI=1S/C23H27F3N4O2/c1-13(2)32-18-7-6-17(20(11-18)23(24,25)26)12-27-22(31)9-8-19-15(4)28-21-10-14(3)29-30(21)16(19)5/h6-7,10-11,13H,8-9,12H2,1-5H3,(H,27,31). The Kier molecular flexibility index (Phi) is 6.76. The number of fused-ring (bicyclic) bond motifs is 1. The van der Waals surface area contributed by atoms with Crippen LogP contribution < -0.4 is 10.1 Å². The van der Waals surface area contributed by atoms with E-state index in [-0.39, 0.29) is 36.3 Å². The van der Waals surface area contributed by atoms with Crippen molar-refractivity contribution in [2.45, 2.75) is 66.3 Å². The summed E-state index contributed by atoms with van der Waals surface area (Å²) in [4.78, 5) is 16.9. The van der Waals surface area contributed by atoms with Crippen molar-refractivity contribution in [3.05, 3.63) is 58.0 Å². The molecular weight excluding hydrogens is 421 g/mol. The van der Waals surface area contributed by atoms with Gasteiger partial charge in [0.2, 0.25) is 5.91 Å². The molecule has 9 heteroatoms. The Morgan fingerprint density at radius 2 is 1.91 bits per heavy atom. The molecule has 1 aromatic carbocycles. The Morgan fingerprint density at radius 1 is 1.19 bits per heavy atom. The summed E-state index contributed by atoms with van der Waals surface area (Å²) >= 11 is 0. The molecule has 2 aromatic heterocycles. The van der Waals surface area contributed by atoms with E-state index in [9.17, 15) is 18.0 Å². The molecular formula is C23H27F3N4O2. The van der Waals surface area contributed by atoms with Gasteiger partial charge in [-0.3, -0.25) is 4.79 Å². The fourth-order valence-corrected chi connectivity index (χ4v) is 3.64. The molecule has 0 fully saturated rings. The van der Waals surface area contributed by atoms with Crippen molar-refractivity contribution in [2.24, 2.45) is 0 Å². The number of alkyl halides is 3. The van der Waals surface area contributed by atoms with Gasteiger partial charge in [0.1, 0.15) is 5.75 Å². The number of halogens is 3. The van der Waals surface area contributed by atoms with E-state index in [4.69, 9.17) is 4.74 Å². The molecule has 0 unspecified atom stereocenters. The molecule has 1 N–H and O–H groups in total. The Bertz CT molecular complexity index is 1140. The van der Waals surface area contributed by atoms with E-state index in [2.05, 4.69) is 15.4 Å². The fourth-order valence-electron chi connectivity index (χ4n) is 3.64. The number of hydrogen-bond donors (Lipinski definition) is 1. The predicted octanol–water partition coefficient (Wildman–Crippen LogP) is 4.71. The Balaban J connectivity index is 1.68. The van der Waals surface area contributed by atoms with Crippen molar-refractivity contribution in [1.29, 1.82) is 0 Å². The van der Waals surface area contributed by atoms with Gasteiger partial charge in [0, 0.05) is 30.4 Å². The molecule has 0 aliphatic carbocycles. The zero-order valence-electron chi connectivity index (χ0n) is 18.8. The highest BCUT2D eigenvalue weighted by atomic mass is 19.4. The van der Waals surface area contributed by atoms with Crippen molar-refractivity contribution in [1.82, 2.24) is 19.9 Å². The number of benzene rings is 1. The van der Waals surface area contributed by atoms with Crippen molar-refractivity contribution in [3.63, 3.8) is 0 Å². The molecule has 0 spiro atoms. The van der Waals surface area contributed by atoms with Gasteiger partial charge in [0.05, 0.1) is 17.4 Å². The van der Waals surface area contributed by atoms with Gasteiger partial charge in [-0.1, -0.05) is 6.07 Å². The van der Waals surface area contributed by atoms with E-state index >= 15 is 0 Å². The molecule has 3 rings (SSSR count). The van der Waals surface area contributed by atoms with Crippen LogP contribution in [-0.2, 0) is 23.9 Å². The van der Waals surface area contributed by atoms with Crippen molar-refractivity contribution < 1.29 is 22.7 Å². The number of amides is 1. The molecule has 3 aromatic rings. The lowest BCUT2D eigenvalue weighted by Gasteiger charge is -2.17. The number of carbonyl (C=O) groups is 1. The first-order valence-electron chi connectivity index (χ1n) is 10.4. The summed E-state index contributed by atoms with van der Waals surface area (Å²) in [5, 5.41) is 7.01. The molecule has 0 atom stereocenters. The van der Waals surface area contributed by atoms with Gasteiger partial charge in [-0.05, 0) is 64.3 Å². The first kappa shape index (κ1) is 23.6. The monoisotopic (exact) mass is 448 g/mol. The summed E-state index contributed by atoms with van der Waals surface area (Å²) < 4.78 is 47.6. The minimum atomic E-state index is -4.55. The summed E-state index contributed by atoms with van der Waals surface area (Å²) in [6.45, 7) is 8.93. The van der Waals surface area contributed by atoms with E-state index in [1.165, 1.54) is 12.1 Å². The maximum Gasteiger partial charge on any atom is 0.416 e. The molecule has 0 radical (unpaired) electrons. The van der Waals surface area contributed by atoms with Crippen LogP contribution in [0.4, 0.5) is 13.2 Å². The summed E-state index contributed by atoms with van der Waals surface area (Å²) in [6, 6.07) is 5.68. The number of nitrogens with one attached hydrogen (secondary N) is 1. The minimum absolute atomic E-state index is 0.00980. The van der Waals surface area contributed by atoms with Gasteiger partial charge in [0.15, 0.2) is 5.65 Å². The van der Waals surface area contributed by atoms with E-state index in [1.807, 2.05) is 26.8 Å². The van der Waals surface area contributed by atoms with E-state index in [0.717, 1.165) is 34.4 Å². The normalized spacial score (nSPS) is 11.9. The third-order valence-electron chi connectivity index (χ3n) is 5.12. The van der Waals surface area contributed by atoms with Crippen LogP contribution in [0.5, 0.6) is 5.75 Å². The number of aryl methyl sites for hydroxylation is 3. The smallest absolute Gasteiger partial charge is 0.416 e. The molecule has 0 saturated carbocycles. The third kappa shape index (κ3) is 5.38. The lowest BCUT2D eigenvalue weighted by atomic mass is 10.0. The average Bonchev–Trinajstić information content (AvgIpc) is 3.05. The van der Waals surface area contributed by atoms with Crippen LogP contribution >= 0.6 is 0 Å². The molecule has 2 heterocycles. The van der Waals surface area contributed by atoms with Gasteiger partial charge in [-0.15, -0.1) is 0 Å². The summed E-state index contributed by atoms with van der Waals surface area (Å²) in [7, 11) is 0. The predicted molar refractivity (Wildman–Crippen MR) is 115 cm³/mol. The molecule has 0 saturated heterocycles. The minimum Gasteiger partial charge on any atom is -0.491 e. The quantitative estimate of drug-likeness (QED) is 0.569. The molecule has 172 valence electrons. The van der Waals surface area contributed by atoms with Crippen molar-refractivity contribution >= 4 is 11.6 Å². The van der Waals surface area contributed by atoms with Gasteiger partial charge >= 0.3 is 6.18 Å². The second-order valence-electron chi connectivity index (χ2n) is 8.08. The van der Waals surface area contributed by atoms with Gasteiger partial charge in [0.25, 0.3) is 0 Å². The largest absolute Gasteiger partial charge is 0.491 e. The number of aromatic nitrogens is 3. The van der Waals surface area contributed by atoms with E-state index < -0.39 is 11.7 Å². The highest BCUT2D eigenvalue weighted by molar-refractivity contribution is 5.76. The van der Waals surface area contributed by atoms with Crippen molar-refractivity contribution in [3.8, 4) is 5.75 Å². The van der Waals surface area contributed by atoms with Crippen molar-refractivity contribution in [2.75, 3.05) is 0 Å². The summed E-state index contributed by atoms with van der Waals surface area (Å²) in [5.41, 5.74) is 3.38. The second-order valence-corrected chi connectivity index (χ2v) is 8.08. The van der Waals surface area contributed by atoms with Crippen LogP contribution in [0.25, 0.3) is 5.65 Å². The van der Waals surface area contributed by atoms with Gasteiger partial charge in [-0.2, -0.15) is 18.3 Å². The third-order valence-corrected chi connectivity index (χ3v) is 5.12.